The average Bonchev–Trinajstić information content (AvgIpc) is 2.82. The molecule has 0 saturated heterocycles. The van der Waals surface area contributed by atoms with Crippen LogP contribution in [0.25, 0.3) is 0 Å². The minimum absolute atomic E-state index is 0.0946. The summed E-state index contributed by atoms with van der Waals surface area (Å²) in [5.74, 6) is 1.33. The number of anilines is 1. The number of aryl methyl sites for hydroxylation is 1. The van der Waals surface area contributed by atoms with E-state index in [9.17, 15) is 0 Å². The first-order valence-electron chi connectivity index (χ1n) is 5.86. The summed E-state index contributed by atoms with van der Waals surface area (Å²) >= 11 is 5.88. The molecule has 0 radical (unpaired) electrons. The van der Waals surface area contributed by atoms with E-state index in [1.54, 1.807) is 10.9 Å². The largest absolute Gasteiger partial charge is 0.488 e. The number of fused-ring (bicyclic) bond motifs is 1. The third-order valence-electron chi connectivity index (χ3n) is 3.09. The Labute approximate surface area is 110 Å². The van der Waals surface area contributed by atoms with Gasteiger partial charge in [0.15, 0.2) is 5.82 Å². The molecule has 0 spiro atoms. The summed E-state index contributed by atoms with van der Waals surface area (Å²) in [6, 6.07) is 6.25. The van der Waals surface area contributed by atoms with E-state index in [2.05, 4.69) is 24.2 Å². The van der Waals surface area contributed by atoms with Crippen LogP contribution in [0.2, 0.25) is 5.02 Å². The molecule has 1 unspecified atom stereocenters. The molecular weight excluding hydrogens is 250 g/mol. The summed E-state index contributed by atoms with van der Waals surface area (Å²) in [5.41, 5.74) is 8.12. The maximum Gasteiger partial charge on any atom is 0.164 e. The molecule has 5 heteroatoms. The van der Waals surface area contributed by atoms with Crippen LogP contribution in [0.15, 0.2) is 24.4 Å². The number of aromatic nitrogens is 2. The van der Waals surface area contributed by atoms with Crippen molar-refractivity contribution in [2.45, 2.75) is 26.0 Å². The smallest absolute Gasteiger partial charge is 0.164 e. The molecule has 0 aliphatic carbocycles. The third-order valence-corrected chi connectivity index (χ3v) is 3.38. The zero-order valence-electron chi connectivity index (χ0n) is 10.1. The van der Waals surface area contributed by atoms with Crippen LogP contribution < -0.4 is 10.5 Å². The van der Waals surface area contributed by atoms with Crippen molar-refractivity contribution in [3.05, 3.63) is 40.5 Å². The fraction of sp³-hybridized carbons (Fsp3) is 0.308. The van der Waals surface area contributed by atoms with E-state index >= 15 is 0 Å². The summed E-state index contributed by atoms with van der Waals surface area (Å²) in [6.07, 6.45) is 2.72. The number of nitrogen functional groups attached to an aromatic ring is 1. The minimum Gasteiger partial charge on any atom is -0.488 e. The molecule has 1 aromatic heterocycles. The highest BCUT2D eigenvalue weighted by molar-refractivity contribution is 6.32. The van der Waals surface area contributed by atoms with Gasteiger partial charge in [-0.15, -0.1) is 0 Å². The van der Waals surface area contributed by atoms with Crippen LogP contribution in [-0.4, -0.2) is 15.9 Å². The molecule has 2 heterocycles. The topological polar surface area (TPSA) is 53.1 Å². The van der Waals surface area contributed by atoms with E-state index in [1.807, 2.05) is 6.07 Å². The quantitative estimate of drug-likeness (QED) is 0.905. The number of halogens is 1. The first-order valence-corrected chi connectivity index (χ1v) is 6.24. The van der Waals surface area contributed by atoms with Crippen molar-refractivity contribution in [2.75, 3.05) is 5.73 Å². The molecule has 0 saturated carbocycles. The fourth-order valence-corrected chi connectivity index (χ4v) is 2.42. The van der Waals surface area contributed by atoms with Crippen molar-refractivity contribution in [2.24, 2.45) is 0 Å². The number of nitrogens with two attached hydrogens (primary N) is 1. The van der Waals surface area contributed by atoms with Crippen LogP contribution >= 0.6 is 11.6 Å². The van der Waals surface area contributed by atoms with Crippen LogP contribution in [0.5, 0.6) is 5.75 Å². The molecule has 1 atom stereocenters. The Morgan fingerprint density at radius 1 is 1.56 bits per heavy atom. The van der Waals surface area contributed by atoms with Gasteiger partial charge < -0.3 is 10.5 Å². The van der Waals surface area contributed by atoms with Crippen LogP contribution in [0.1, 0.15) is 11.1 Å². The number of ether oxygens (including phenoxy) is 1. The first kappa shape index (κ1) is 11.4. The molecule has 4 nitrogen and oxygen atoms in total. The van der Waals surface area contributed by atoms with Crippen molar-refractivity contribution >= 4 is 17.4 Å². The molecule has 2 aromatic rings. The van der Waals surface area contributed by atoms with Gasteiger partial charge in [0.1, 0.15) is 16.9 Å². The predicted octanol–water partition coefficient (Wildman–Crippen LogP) is 2.43. The van der Waals surface area contributed by atoms with Gasteiger partial charge in [-0.25, -0.2) is 0 Å². The standard InChI is InChI=1S/C13H14ClN3O/c1-8-2-3-12-9(4-8)5-10(18-12)6-17-7-11(14)13(15)16-17/h2-4,7,10H,5-6H2,1H3,(H2,15,16). The highest BCUT2D eigenvalue weighted by atomic mass is 35.5. The molecule has 18 heavy (non-hydrogen) atoms. The van der Waals surface area contributed by atoms with Gasteiger partial charge in [-0.3, -0.25) is 4.68 Å². The number of hydrogen-bond acceptors (Lipinski definition) is 3. The van der Waals surface area contributed by atoms with Crippen LogP contribution in [0.4, 0.5) is 5.82 Å². The van der Waals surface area contributed by atoms with E-state index in [0.717, 1.165) is 12.2 Å². The average molecular weight is 264 g/mol. The molecule has 1 aliphatic rings. The molecule has 3 rings (SSSR count). The molecular formula is C13H14ClN3O. The van der Waals surface area contributed by atoms with Gasteiger partial charge in [0.2, 0.25) is 0 Å². The fourth-order valence-electron chi connectivity index (χ4n) is 2.27. The van der Waals surface area contributed by atoms with Gasteiger partial charge in [-0.1, -0.05) is 29.3 Å². The van der Waals surface area contributed by atoms with Gasteiger partial charge in [0, 0.05) is 12.6 Å². The van der Waals surface area contributed by atoms with Crippen molar-refractivity contribution in [1.29, 1.82) is 0 Å². The Bertz CT molecular complexity index is 574. The highest BCUT2D eigenvalue weighted by Gasteiger charge is 2.23. The lowest BCUT2D eigenvalue weighted by Crippen LogP contribution is -2.21. The van der Waals surface area contributed by atoms with E-state index in [-0.39, 0.29) is 6.10 Å². The van der Waals surface area contributed by atoms with Crippen molar-refractivity contribution in [1.82, 2.24) is 9.78 Å². The van der Waals surface area contributed by atoms with Gasteiger partial charge >= 0.3 is 0 Å². The summed E-state index contributed by atoms with van der Waals surface area (Å²) in [6.45, 7) is 2.74. The Kier molecular flexibility index (Phi) is 2.67. The summed E-state index contributed by atoms with van der Waals surface area (Å²) in [5, 5.41) is 4.62. The maximum atomic E-state index is 5.88. The minimum atomic E-state index is 0.0946. The Balaban J connectivity index is 1.74. The van der Waals surface area contributed by atoms with E-state index in [4.69, 9.17) is 22.1 Å². The Hall–Kier alpha value is -1.68. The Morgan fingerprint density at radius 3 is 3.11 bits per heavy atom. The Morgan fingerprint density at radius 2 is 2.39 bits per heavy atom. The van der Waals surface area contributed by atoms with Gasteiger partial charge in [-0.05, 0) is 18.6 Å². The number of benzene rings is 1. The molecule has 0 fully saturated rings. The summed E-state index contributed by atoms with van der Waals surface area (Å²) < 4.78 is 7.61. The van der Waals surface area contributed by atoms with E-state index < -0.39 is 0 Å². The first-order chi connectivity index (χ1) is 8.61. The lowest BCUT2D eigenvalue weighted by atomic mass is 10.1. The van der Waals surface area contributed by atoms with Crippen molar-refractivity contribution in [3.63, 3.8) is 0 Å². The predicted molar refractivity (Wildman–Crippen MR) is 70.9 cm³/mol. The second-order valence-corrected chi connectivity index (χ2v) is 5.05. The van der Waals surface area contributed by atoms with E-state index in [0.29, 0.717) is 17.4 Å². The van der Waals surface area contributed by atoms with Gasteiger partial charge in [0.25, 0.3) is 0 Å². The molecule has 1 aliphatic heterocycles. The number of rotatable bonds is 2. The van der Waals surface area contributed by atoms with E-state index in [1.165, 1.54) is 11.1 Å². The molecule has 94 valence electrons. The third kappa shape index (κ3) is 2.04. The van der Waals surface area contributed by atoms with Crippen LogP contribution in [0, 0.1) is 6.92 Å². The van der Waals surface area contributed by atoms with Crippen molar-refractivity contribution in [3.8, 4) is 5.75 Å². The summed E-state index contributed by atoms with van der Waals surface area (Å²) in [4.78, 5) is 0. The van der Waals surface area contributed by atoms with Crippen LogP contribution in [0.3, 0.4) is 0 Å². The maximum absolute atomic E-state index is 5.88. The van der Waals surface area contributed by atoms with Crippen LogP contribution in [-0.2, 0) is 13.0 Å². The zero-order valence-corrected chi connectivity index (χ0v) is 10.8. The zero-order chi connectivity index (χ0) is 12.7. The normalized spacial score (nSPS) is 17.6. The summed E-state index contributed by atoms with van der Waals surface area (Å²) in [7, 11) is 0. The lowest BCUT2D eigenvalue weighted by Gasteiger charge is -2.10. The lowest BCUT2D eigenvalue weighted by molar-refractivity contribution is 0.203. The highest BCUT2D eigenvalue weighted by Crippen LogP contribution is 2.30. The SMILES string of the molecule is Cc1ccc2c(c1)CC(Cn1cc(Cl)c(N)n1)O2. The molecule has 2 N–H and O–H groups in total. The molecule has 0 bridgehead atoms. The number of nitrogens with zero attached hydrogens (tertiary/aromatic N) is 2. The molecule has 1 aromatic carbocycles. The van der Waals surface area contributed by atoms with Gasteiger partial charge in [-0.2, -0.15) is 5.10 Å². The number of hydrogen-bond donors (Lipinski definition) is 1. The van der Waals surface area contributed by atoms with Crippen molar-refractivity contribution < 1.29 is 4.74 Å². The molecule has 0 amide bonds. The van der Waals surface area contributed by atoms with Gasteiger partial charge in [0.05, 0.1) is 6.54 Å². The monoisotopic (exact) mass is 263 g/mol. The second-order valence-electron chi connectivity index (χ2n) is 4.64. The second kappa shape index (κ2) is 4.21.